The molecule has 156 valence electrons. The Morgan fingerprint density at radius 1 is 0.846 bits per heavy atom. The lowest BCUT2D eigenvalue weighted by molar-refractivity contribution is 0.0685. The van der Waals surface area contributed by atoms with Gasteiger partial charge in [0, 0.05) is 31.9 Å². The van der Waals surface area contributed by atoms with Gasteiger partial charge in [-0.2, -0.15) is 0 Å². The van der Waals surface area contributed by atoms with E-state index in [0.717, 1.165) is 18.6 Å². The van der Waals surface area contributed by atoms with Crippen molar-refractivity contribution in [1.29, 1.82) is 0 Å². The maximum Gasteiger partial charge on any atom is 0.502 e. The van der Waals surface area contributed by atoms with Crippen LogP contribution in [0.2, 0.25) is 24.2 Å². The van der Waals surface area contributed by atoms with Crippen molar-refractivity contribution in [2.24, 2.45) is 0 Å². The van der Waals surface area contributed by atoms with E-state index in [1.165, 1.54) is 32.1 Å². The minimum atomic E-state index is -2.58. The summed E-state index contributed by atoms with van der Waals surface area (Å²) in [5.41, 5.74) is 0. The second-order valence-electron chi connectivity index (χ2n) is 9.03. The second kappa shape index (κ2) is 10.7. The molecule has 1 saturated carbocycles. The van der Waals surface area contributed by atoms with E-state index < -0.39 is 17.0 Å². The van der Waals surface area contributed by atoms with Crippen LogP contribution in [-0.4, -0.2) is 54.0 Å². The summed E-state index contributed by atoms with van der Waals surface area (Å²) in [6.45, 7) is 21.5. The first kappa shape index (κ1) is 24.3. The summed E-state index contributed by atoms with van der Waals surface area (Å²) in [7, 11) is -4.18. The average molecular weight is 404 g/mol. The van der Waals surface area contributed by atoms with E-state index in [0.29, 0.717) is 24.9 Å². The van der Waals surface area contributed by atoms with Crippen LogP contribution < -0.4 is 0 Å². The molecule has 0 amide bonds. The summed E-state index contributed by atoms with van der Waals surface area (Å²) in [6.07, 6.45) is 6.84. The Morgan fingerprint density at radius 3 is 1.69 bits per heavy atom. The van der Waals surface area contributed by atoms with Crippen LogP contribution in [0.15, 0.2) is 0 Å². The van der Waals surface area contributed by atoms with Crippen LogP contribution in [0.5, 0.6) is 0 Å². The van der Waals surface area contributed by atoms with Crippen molar-refractivity contribution in [1.82, 2.24) is 4.57 Å². The second-order valence-corrected chi connectivity index (χ2v) is 17.0. The molecule has 0 spiro atoms. The molecule has 0 unspecified atom stereocenters. The average Bonchev–Trinajstić information content (AvgIpc) is 2.55. The smallest absolute Gasteiger partial charge is 0.374 e. The van der Waals surface area contributed by atoms with Crippen LogP contribution in [0.4, 0.5) is 0 Å². The fourth-order valence-corrected chi connectivity index (χ4v) is 9.45. The van der Waals surface area contributed by atoms with Crippen LogP contribution in [0.3, 0.4) is 0 Å². The maximum atomic E-state index is 6.13. The van der Waals surface area contributed by atoms with Crippen molar-refractivity contribution in [2.75, 3.05) is 26.4 Å². The highest BCUT2D eigenvalue weighted by atomic mass is 28.4. The zero-order chi connectivity index (χ0) is 19.8. The molecule has 1 aliphatic carbocycles. The van der Waals surface area contributed by atoms with Gasteiger partial charge in [-0.1, -0.05) is 53.1 Å². The summed E-state index contributed by atoms with van der Waals surface area (Å²) < 4.78 is 21.3. The van der Waals surface area contributed by atoms with Crippen LogP contribution >= 0.6 is 0 Å². The zero-order valence-corrected chi connectivity index (χ0v) is 20.8. The number of rotatable bonds is 11. The normalized spacial score (nSPS) is 17.9. The molecule has 0 aliphatic heterocycles. The van der Waals surface area contributed by atoms with Gasteiger partial charge in [0.1, 0.15) is 8.24 Å². The minimum Gasteiger partial charge on any atom is -0.374 e. The number of hydrogen-bond donors (Lipinski definition) is 0. The van der Waals surface area contributed by atoms with Crippen molar-refractivity contribution < 1.29 is 13.3 Å². The van der Waals surface area contributed by atoms with Gasteiger partial charge in [0.15, 0.2) is 0 Å². The first-order valence-corrected chi connectivity index (χ1v) is 15.7. The summed E-state index contributed by atoms with van der Waals surface area (Å²) in [5, 5.41) is 0.345. The Hall–Kier alpha value is 0.274. The van der Waals surface area contributed by atoms with Crippen molar-refractivity contribution >= 4 is 17.0 Å². The van der Waals surface area contributed by atoms with E-state index in [1.54, 1.807) is 0 Å². The fraction of sp³-hybridized carbons (Fsp3) is 1.00. The Bertz CT molecular complexity index is 376. The SMILES string of the molecule is CCO[Si](CCN(C1CCCCC1)[Si](C)(C)C(C)(C)C)(OCC)OCC. The van der Waals surface area contributed by atoms with Gasteiger partial charge in [0.2, 0.25) is 0 Å². The standard InChI is InChI=1S/C20H45NO3Si2/c1-9-22-26(23-10-2,24-11-3)18-17-21(19-15-13-12-14-16-19)25(7,8)20(4,5)6/h19H,9-18H2,1-8H3. The molecular formula is C20H45NO3Si2. The van der Waals surface area contributed by atoms with Gasteiger partial charge in [-0.05, 0) is 45.2 Å². The lowest BCUT2D eigenvalue weighted by Crippen LogP contribution is -2.61. The van der Waals surface area contributed by atoms with E-state index in [1.807, 2.05) is 20.8 Å². The van der Waals surface area contributed by atoms with Crippen molar-refractivity contribution in [3.8, 4) is 0 Å². The minimum absolute atomic E-state index is 0.345. The van der Waals surface area contributed by atoms with Gasteiger partial charge in [-0.3, -0.25) is 0 Å². The number of hydrogen-bond acceptors (Lipinski definition) is 4. The summed E-state index contributed by atoms with van der Waals surface area (Å²) in [5.74, 6) is 0. The van der Waals surface area contributed by atoms with Crippen LogP contribution in [0.1, 0.15) is 73.6 Å². The number of nitrogens with zero attached hydrogens (tertiary/aromatic N) is 1. The quantitative estimate of drug-likeness (QED) is 0.416. The molecule has 0 aromatic heterocycles. The molecule has 4 nitrogen and oxygen atoms in total. The van der Waals surface area contributed by atoms with E-state index in [-0.39, 0.29) is 0 Å². The van der Waals surface area contributed by atoms with Crippen molar-refractivity contribution in [3.63, 3.8) is 0 Å². The molecule has 1 rings (SSSR count). The third-order valence-electron chi connectivity index (χ3n) is 6.32. The molecule has 26 heavy (non-hydrogen) atoms. The molecule has 1 aliphatic rings. The summed E-state index contributed by atoms with van der Waals surface area (Å²) in [4.78, 5) is 0. The lowest BCUT2D eigenvalue weighted by Gasteiger charge is -2.51. The lowest BCUT2D eigenvalue weighted by atomic mass is 9.95. The van der Waals surface area contributed by atoms with E-state index in [2.05, 4.69) is 38.4 Å². The molecule has 0 saturated heterocycles. The molecular weight excluding hydrogens is 358 g/mol. The van der Waals surface area contributed by atoms with Crippen molar-refractivity contribution in [2.45, 2.75) is 104 Å². The third kappa shape index (κ3) is 6.41. The highest BCUT2D eigenvalue weighted by Crippen LogP contribution is 2.41. The molecule has 0 heterocycles. The highest BCUT2D eigenvalue weighted by molar-refractivity contribution is 6.77. The molecule has 0 aromatic rings. The molecule has 0 radical (unpaired) electrons. The Labute approximate surface area is 165 Å². The van der Waals surface area contributed by atoms with Gasteiger partial charge in [0.25, 0.3) is 0 Å². The third-order valence-corrected chi connectivity index (χ3v) is 15.0. The highest BCUT2D eigenvalue weighted by Gasteiger charge is 2.47. The predicted molar refractivity (Wildman–Crippen MR) is 116 cm³/mol. The Morgan fingerprint density at radius 2 is 1.31 bits per heavy atom. The van der Waals surface area contributed by atoms with Crippen LogP contribution in [0.25, 0.3) is 0 Å². The molecule has 1 fully saturated rings. The fourth-order valence-electron chi connectivity index (χ4n) is 4.00. The van der Waals surface area contributed by atoms with E-state index in [4.69, 9.17) is 13.3 Å². The Balaban J connectivity index is 3.02. The van der Waals surface area contributed by atoms with Gasteiger partial charge in [-0.15, -0.1) is 0 Å². The molecule has 0 aromatic carbocycles. The summed E-state index contributed by atoms with van der Waals surface area (Å²) >= 11 is 0. The first-order valence-electron chi connectivity index (χ1n) is 10.8. The Kier molecular flexibility index (Phi) is 10.0. The molecule has 0 bridgehead atoms. The van der Waals surface area contributed by atoms with Gasteiger partial charge in [0.05, 0.1) is 0 Å². The maximum absolute atomic E-state index is 6.13. The van der Waals surface area contributed by atoms with Crippen LogP contribution in [0, 0.1) is 0 Å². The van der Waals surface area contributed by atoms with Crippen LogP contribution in [-0.2, 0) is 13.3 Å². The van der Waals surface area contributed by atoms with Gasteiger partial charge < -0.3 is 17.8 Å². The van der Waals surface area contributed by atoms with Gasteiger partial charge >= 0.3 is 8.80 Å². The molecule has 0 atom stereocenters. The van der Waals surface area contributed by atoms with E-state index >= 15 is 0 Å². The first-order chi connectivity index (χ1) is 12.1. The molecule has 6 heteroatoms. The molecule has 0 N–H and O–H groups in total. The largest absolute Gasteiger partial charge is 0.502 e. The van der Waals surface area contributed by atoms with Crippen molar-refractivity contribution in [3.05, 3.63) is 0 Å². The van der Waals surface area contributed by atoms with Gasteiger partial charge in [-0.25, -0.2) is 0 Å². The predicted octanol–water partition coefficient (Wildman–Crippen LogP) is 5.67. The summed E-state index contributed by atoms with van der Waals surface area (Å²) in [6, 6.07) is 1.63. The monoisotopic (exact) mass is 403 g/mol. The van der Waals surface area contributed by atoms with E-state index in [9.17, 15) is 0 Å². The zero-order valence-electron chi connectivity index (χ0n) is 18.8. The topological polar surface area (TPSA) is 30.9 Å².